The van der Waals surface area contributed by atoms with Gasteiger partial charge in [0.05, 0.1) is 12.2 Å². The molecule has 0 aromatic heterocycles. The Morgan fingerprint density at radius 3 is 2.24 bits per heavy atom. The van der Waals surface area contributed by atoms with Crippen LogP contribution in [-0.4, -0.2) is 37.1 Å². The topological polar surface area (TPSA) is 84.9 Å². The first-order valence-electron chi connectivity index (χ1n) is 12.8. The predicted octanol–water partition coefficient (Wildman–Crippen LogP) is 6.52. The summed E-state index contributed by atoms with van der Waals surface area (Å²) in [5, 5.41) is 9.76. The maximum atomic E-state index is 12.1. The summed E-state index contributed by atoms with van der Waals surface area (Å²) in [5.74, 6) is 0.924. The van der Waals surface area contributed by atoms with Crippen molar-refractivity contribution in [1.29, 1.82) is 0 Å². The molecule has 0 bridgehead atoms. The molecule has 0 spiro atoms. The number of aryl methyl sites for hydroxylation is 3. The fourth-order valence-electron chi connectivity index (χ4n) is 4.48. The van der Waals surface area contributed by atoms with E-state index in [4.69, 9.17) is 14.6 Å². The van der Waals surface area contributed by atoms with Gasteiger partial charge in [-0.1, -0.05) is 42.0 Å². The maximum absolute atomic E-state index is 12.1. The molecule has 2 N–H and O–H groups in total. The molecular weight excluding hydrogens is 478 g/mol. The van der Waals surface area contributed by atoms with Crippen molar-refractivity contribution in [3.63, 3.8) is 0 Å². The summed E-state index contributed by atoms with van der Waals surface area (Å²) in [6.07, 6.45) is 2.71. The van der Waals surface area contributed by atoms with Crippen LogP contribution >= 0.6 is 0 Å². The van der Waals surface area contributed by atoms with Crippen LogP contribution in [-0.2, 0) is 20.7 Å². The Balaban J connectivity index is 0.000000481. The molecule has 6 heteroatoms. The lowest BCUT2D eigenvalue weighted by atomic mass is 9.86. The van der Waals surface area contributed by atoms with Gasteiger partial charge in [-0.15, -0.1) is 0 Å². The number of ether oxygens (including phenoxy) is 2. The first kappa shape index (κ1) is 30.7. The number of aliphatic hydroxyl groups excluding tert-OH is 1. The zero-order valence-electron chi connectivity index (χ0n) is 23.6. The third-order valence-corrected chi connectivity index (χ3v) is 6.07. The van der Waals surface area contributed by atoms with Crippen molar-refractivity contribution in [3.05, 3.63) is 82.4 Å². The second kappa shape index (κ2) is 14.5. The average molecular weight is 520 g/mol. The lowest BCUT2D eigenvalue weighted by Gasteiger charge is -2.29. The lowest BCUT2D eigenvalue weighted by molar-refractivity contribution is -0.128. The Labute approximate surface area is 227 Å². The number of hydrogen-bond acceptors (Lipinski definition) is 5. The number of aliphatic hydroxyl groups is 1. The molecule has 3 aromatic rings. The number of aldehydes is 1. The van der Waals surface area contributed by atoms with Crippen LogP contribution in [0.15, 0.2) is 54.6 Å². The summed E-state index contributed by atoms with van der Waals surface area (Å²) in [5.41, 5.74) is 7.25. The molecular formula is C32H41NO5. The molecule has 6 nitrogen and oxygen atoms in total. The standard InChI is InChI=1S/C24H29NO4.C7H8.CH4O/c1-15-11-19(25-14-27)16(2)23(21(13-26)29-24(3,4)5)22(15)18-8-9-20-17(12-18)7-6-10-28-20;1-7-5-3-2-4-6-7;1-2/h8-9,11-14,21H,6-7,10H2,1-5H3,(H,25,27);2-6H,1H3;2H,1H3. The first-order chi connectivity index (χ1) is 18.1. The highest BCUT2D eigenvalue weighted by atomic mass is 16.5. The lowest BCUT2D eigenvalue weighted by Crippen LogP contribution is -2.24. The van der Waals surface area contributed by atoms with Crippen LogP contribution in [0.1, 0.15) is 61.1 Å². The Hall–Kier alpha value is -3.48. The third kappa shape index (κ3) is 8.27. The molecule has 0 radical (unpaired) electrons. The fourth-order valence-corrected chi connectivity index (χ4v) is 4.48. The van der Waals surface area contributed by atoms with Gasteiger partial charge in [0.25, 0.3) is 0 Å². The van der Waals surface area contributed by atoms with E-state index in [0.717, 1.165) is 66.4 Å². The third-order valence-electron chi connectivity index (χ3n) is 6.07. The quantitative estimate of drug-likeness (QED) is 0.362. The van der Waals surface area contributed by atoms with Crippen molar-refractivity contribution >= 4 is 18.4 Å². The number of carbonyl (C=O) groups excluding carboxylic acids is 2. The van der Waals surface area contributed by atoms with Gasteiger partial charge in [0, 0.05) is 18.4 Å². The van der Waals surface area contributed by atoms with Crippen LogP contribution < -0.4 is 10.1 Å². The van der Waals surface area contributed by atoms with E-state index < -0.39 is 11.7 Å². The van der Waals surface area contributed by atoms with E-state index in [0.29, 0.717) is 12.1 Å². The number of carbonyl (C=O) groups is 2. The minimum absolute atomic E-state index is 0.499. The van der Waals surface area contributed by atoms with E-state index in [-0.39, 0.29) is 0 Å². The van der Waals surface area contributed by atoms with E-state index in [2.05, 4.69) is 30.4 Å². The summed E-state index contributed by atoms with van der Waals surface area (Å²) in [6, 6.07) is 18.4. The number of fused-ring (bicyclic) bond motifs is 1. The molecule has 38 heavy (non-hydrogen) atoms. The number of anilines is 1. The molecule has 3 aromatic carbocycles. The van der Waals surface area contributed by atoms with Crippen LogP contribution in [0, 0.1) is 20.8 Å². The van der Waals surface area contributed by atoms with Gasteiger partial charge in [-0.3, -0.25) is 4.79 Å². The van der Waals surface area contributed by atoms with E-state index in [1.165, 1.54) is 11.1 Å². The molecule has 0 aliphatic carbocycles. The molecule has 0 fully saturated rings. The van der Waals surface area contributed by atoms with Crippen molar-refractivity contribution < 1.29 is 24.2 Å². The Morgan fingerprint density at radius 2 is 1.68 bits per heavy atom. The van der Waals surface area contributed by atoms with Gasteiger partial charge in [0.1, 0.15) is 11.9 Å². The second-order valence-corrected chi connectivity index (χ2v) is 10.1. The summed E-state index contributed by atoms with van der Waals surface area (Å²) in [7, 11) is 1.00. The Bertz CT molecular complexity index is 1200. The van der Waals surface area contributed by atoms with Crippen molar-refractivity contribution in [2.45, 2.75) is 66.1 Å². The van der Waals surface area contributed by atoms with Gasteiger partial charge >= 0.3 is 0 Å². The van der Waals surface area contributed by atoms with Crippen molar-refractivity contribution in [2.75, 3.05) is 19.0 Å². The largest absolute Gasteiger partial charge is 0.493 e. The number of amides is 1. The molecule has 1 unspecified atom stereocenters. The molecule has 1 aliphatic heterocycles. The normalized spacial score (nSPS) is 12.8. The van der Waals surface area contributed by atoms with Crippen molar-refractivity contribution in [1.82, 2.24) is 0 Å². The molecule has 1 heterocycles. The number of nitrogens with one attached hydrogen (secondary N) is 1. The van der Waals surface area contributed by atoms with E-state index >= 15 is 0 Å². The SMILES string of the molecule is CO.Cc1cc(NC=O)c(C)c(C(C=O)OC(C)(C)C)c1-c1ccc2c(c1)CCCO2.Cc1ccccc1. The molecule has 4 rings (SSSR count). The molecule has 0 saturated carbocycles. The predicted molar refractivity (Wildman–Crippen MR) is 154 cm³/mol. The highest BCUT2D eigenvalue weighted by Crippen LogP contribution is 2.41. The summed E-state index contributed by atoms with van der Waals surface area (Å²) in [6.45, 7) is 12.5. The Kier molecular flexibility index (Phi) is 11.7. The van der Waals surface area contributed by atoms with Gasteiger partial charge in [-0.25, -0.2) is 0 Å². The average Bonchev–Trinajstić information content (AvgIpc) is 2.90. The zero-order valence-corrected chi connectivity index (χ0v) is 23.6. The summed E-state index contributed by atoms with van der Waals surface area (Å²) >= 11 is 0. The Morgan fingerprint density at radius 1 is 1.00 bits per heavy atom. The zero-order chi connectivity index (χ0) is 28.3. The van der Waals surface area contributed by atoms with Crippen molar-refractivity contribution in [3.8, 4) is 16.9 Å². The van der Waals surface area contributed by atoms with Crippen molar-refractivity contribution in [2.24, 2.45) is 0 Å². The fraction of sp³-hybridized carbons (Fsp3) is 0.375. The minimum atomic E-state index is -0.746. The van der Waals surface area contributed by atoms with Crippen LogP contribution in [0.3, 0.4) is 0 Å². The summed E-state index contributed by atoms with van der Waals surface area (Å²) in [4.78, 5) is 23.2. The molecule has 1 atom stereocenters. The van der Waals surface area contributed by atoms with E-state index in [1.807, 2.05) is 71.0 Å². The van der Waals surface area contributed by atoms with Gasteiger partial charge in [0.15, 0.2) is 6.29 Å². The summed E-state index contributed by atoms with van der Waals surface area (Å²) < 4.78 is 11.9. The van der Waals surface area contributed by atoms with Crippen LogP contribution in [0.25, 0.3) is 11.1 Å². The van der Waals surface area contributed by atoms with Gasteiger partial charge in [-0.2, -0.15) is 0 Å². The van der Waals surface area contributed by atoms with E-state index in [9.17, 15) is 9.59 Å². The highest BCUT2D eigenvalue weighted by molar-refractivity contribution is 5.84. The second-order valence-electron chi connectivity index (χ2n) is 10.1. The van der Waals surface area contributed by atoms with Crippen LogP contribution in [0.2, 0.25) is 0 Å². The van der Waals surface area contributed by atoms with Crippen LogP contribution in [0.4, 0.5) is 5.69 Å². The first-order valence-corrected chi connectivity index (χ1v) is 12.8. The van der Waals surface area contributed by atoms with E-state index in [1.54, 1.807) is 0 Å². The highest BCUT2D eigenvalue weighted by Gasteiger charge is 2.27. The molecule has 1 aliphatic rings. The number of rotatable bonds is 6. The smallest absolute Gasteiger partial charge is 0.211 e. The van der Waals surface area contributed by atoms with Gasteiger partial charge < -0.3 is 24.7 Å². The molecule has 204 valence electrons. The van der Waals surface area contributed by atoms with Crippen LogP contribution in [0.5, 0.6) is 5.75 Å². The molecule has 1 amide bonds. The minimum Gasteiger partial charge on any atom is -0.493 e. The van der Waals surface area contributed by atoms with Gasteiger partial charge in [-0.05, 0) is 100 Å². The monoisotopic (exact) mass is 519 g/mol. The number of hydrogen-bond donors (Lipinski definition) is 2. The number of benzene rings is 3. The van der Waals surface area contributed by atoms with Gasteiger partial charge in [0.2, 0.25) is 6.41 Å². The molecule has 0 saturated heterocycles. The maximum Gasteiger partial charge on any atom is 0.211 e.